The molecule has 1 fully saturated rings. The van der Waals surface area contributed by atoms with Gasteiger partial charge in [0, 0.05) is 10.8 Å². The van der Waals surface area contributed by atoms with Gasteiger partial charge in [-0.1, -0.05) is 18.0 Å². The van der Waals surface area contributed by atoms with Crippen LogP contribution in [0.25, 0.3) is 0 Å². The molecule has 0 bridgehead atoms. The molecule has 0 aromatic carbocycles. The number of hydrogen-bond acceptors (Lipinski definition) is 5. The summed E-state index contributed by atoms with van der Waals surface area (Å²) >= 11 is 1.95. The highest BCUT2D eigenvalue weighted by molar-refractivity contribution is 7.99. The maximum atomic E-state index is 6.20. The van der Waals surface area contributed by atoms with Crippen LogP contribution in [-0.4, -0.2) is 20.9 Å². The summed E-state index contributed by atoms with van der Waals surface area (Å²) in [6, 6.07) is 0. The summed E-state index contributed by atoms with van der Waals surface area (Å²) in [5.41, 5.74) is 5.48. The Kier molecular flexibility index (Phi) is 4.26. The zero-order valence-electron chi connectivity index (χ0n) is 12.4. The lowest BCUT2D eigenvalue weighted by Gasteiger charge is -2.34. The number of rotatable bonds is 5. The van der Waals surface area contributed by atoms with Crippen LogP contribution in [0.15, 0.2) is 4.52 Å². The van der Waals surface area contributed by atoms with E-state index in [1.54, 1.807) is 0 Å². The second kappa shape index (κ2) is 5.44. The van der Waals surface area contributed by atoms with E-state index in [4.69, 9.17) is 10.3 Å². The Hall–Kier alpha value is -0.550. The molecule has 1 aliphatic rings. The molecule has 1 saturated carbocycles. The van der Waals surface area contributed by atoms with Gasteiger partial charge in [-0.15, -0.1) is 0 Å². The maximum Gasteiger partial charge on any atom is 0.234 e. The van der Waals surface area contributed by atoms with Gasteiger partial charge >= 0.3 is 0 Å². The summed E-state index contributed by atoms with van der Waals surface area (Å²) in [5.74, 6) is 2.28. The highest BCUT2D eigenvalue weighted by Gasteiger charge is 2.40. The fourth-order valence-corrected chi connectivity index (χ4v) is 3.26. The first-order valence-electron chi connectivity index (χ1n) is 7.04. The highest BCUT2D eigenvalue weighted by atomic mass is 32.2. The lowest BCUT2D eigenvalue weighted by Crippen LogP contribution is -2.50. The molecule has 0 spiro atoms. The Morgan fingerprint density at radius 2 is 1.89 bits per heavy atom. The Morgan fingerprint density at radius 1 is 1.26 bits per heavy atom. The Bertz CT molecular complexity index is 417. The van der Waals surface area contributed by atoms with Gasteiger partial charge in [0.25, 0.3) is 0 Å². The summed E-state index contributed by atoms with van der Waals surface area (Å²) in [4.78, 5) is 4.53. The summed E-state index contributed by atoms with van der Waals surface area (Å²) in [6.45, 7) is 8.08. The number of hydrogen-bond donors (Lipinski definition) is 1. The van der Waals surface area contributed by atoms with Crippen molar-refractivity contribution in [3.63, 3.8) is 0 Å². The number of nitrogens with zero attached hydrogens (tertiary/aromatic N) is 2. The van der Waals surface area contributed by atoms with Crippen LogP contribution in [0.2, 0.25) is 0 Å². The Balaban J connectivity index is 1.98. The molecule has 1 heterocycles. The standard InChI is InChI=1S/C14H25N3OS/c1-13(2,14(3,4)15)12-16-11(17-18-12)9-19-10-7-5-6-8-10/h10H,5-9,15H2,1-4H3. The molecule has 108 valence electrons. The lowest BCUT2D eigenvalue weighted by atomic mass is 9.75. The molecule has 1 aliphatic carbocycles. The summed E-state index contributed by atoms with van der Waals surface area (Å²) in [7, 11) is 0. The average molecular weight is 283 g/mol. The molecular weight excluding hydrogens is 258 g/mol. The van der Waals surface area contributed by atoms with E-state index < -0.39 is 5.54 Å². The van der Waals surface area contributed by atoms with Gasteiger partial charge in [0.05, 0.1) is 11.2 Å². The molecule has 0 amide bonds. The van der Waals surface area contributed by atoms with Crippen LogP contribution in [0.5, 0.6) is 0 Å². The van der Waals surface area contributed by atoms with Crippen LogP contribution in [-0.2, 0) is 11.2 Å². The van der Waals surface area contributed by atoms with Crippen LogP contribution in [0.4, 0.5) is 0 Å². The van der Waals surface area contributed by atoms with Gasteiger partial charge in [-0.2, -0.15) is 16.7 Å². The third-order valence-electron chi connectivity index (χ3n) is 4.36. The minimum absolute atomic E-state index is 0.323. The Labute approximate surface area is 119 Å². The van der Waals surface area contributed by atoms with Gasteiger partial charge in [0.15, 0.2) is 5.82 Å². The van der Waals surface area contributed by atoms with E-state index >= 15 is 0 Å². The van der Waals surface area contributed by atoms with Crippen molar-refractivity contribution in [3.05, 3.63) is 11.7 Å². The fraction of sp³-hybridized carbons (Fsp3) is 0.857. The average Bonchev–Trinajstić information content (AvgIpc) is 2.96. The highest BCUT2D eigenvalue weighted by Crippen LogP contribution is 2.33. The largest absolute Gasteiger partial charge is 0.339 e. The predicted octanol–water partition coefficient (Wildman–Crippen LogP) is 3.26. The summed E-state index contributed by atoms with van der Waals surface area (Å²) in [6.07, 6.45) is 5.39. The third kappa shape index (κ3) is 3.31. The molecule has 2 N–H and O–H groups in total. The lowest BCUT2D eigenvalue weighted by molar-refractivity contribution is 0.222. The molecule has 0 unspecified atom stereocenters. The zero-order valence-corrected chi connectivity index (χ0v) is 13.2. The monoisotopic (exact) mass is 283 g/mol. The zero-order chi connectivity index (χ0) is 14.1. The minimum atomic E-state index is -0.393. The van der Waals surface area contributed by atoms with Gasteiger partial charge in [0.2, 0.25) is 5.89 Å². The molecule has 1 aromatic heterocycles. The van der Waals surface area contributed by atoms with Crippen molar-refractivity contribution in [1.82, 2.24) is 10.1 Å². The van der Waals surface area contributed by atoms with Crippen LogP contribution < -0.4 is 5.73 Å². The number of aromatic nitrogens is 2. The van der Waals surface area contributed by atoms with Crippen molar-refractivity contribution in [2.45, 2.75) is 75.3 Å². The SMILES string of the molecule is CC(C)(N)C(C)(C)c1nc(CSC2CCCC2)no1. The van der Waals surface area contributed by atoms with Crippen molar-refractivity contribution >= 4 is 11.8 Å². The van der Waals surface area contributed by atoms with E-state index in [1.807, 2.05) is 25.6 Å². The van der Waals surface area contributed by atoms with Gasteiger partial charge in [-0.25, -0.2) is 0 Å². The quantitative estimate of drug-likeness (QED) is 0.898. The maximum absolute atomic E-state index is 6.20. The van der Waals surface area contributed by atoms with Gasteiger partial charge in [-0.3, -0.25) is 0 Å². The van der Waals surface area contributed by atoms with Crippen LogP contribution in [0, 0.1) is 0 Å². The molecule has 4 nitrogen and oxygen atoms in total. The fourth-order valence-electron chi connectivity index (χ4n) is 2.09. The third-order valence-corrected chi connectivity index (χ3v) is 5.73. The molecule has 0 radical (unpaired) electrons. The van der Waals surface area contributed by atoms with E-state index in [-0.39, 0.29) is 5.41 Å². The molecule has 19 heavy (non-hydrogen) atoms. The Morgan fingerprint density at radius 3 is 2.47 bits per heavy atom. The van der Waals surface area contributed by atoms with Crippen molar-refractivity contribution < 1.29 is 4.52 Å². The topological polar surface area (TPSA) is 64.9 Å². The first kappa shape index (κ1) is 14.9. The number of nitrogens with two attached hydrogens (primary N) is 1. The first-order chi connectivity index (χ1) is 8.80. The smallest absolute Gasteiger partial charge is 0.234 e. The molecule has 0 saturated heterocycles. The second-order valence-electron chi connectivity index (χ2n) is 6.58. The number of thioether (sulfide) groups is 1. The molecule has 0 aliphatic heterocycles. The minimum Gasteiger partial charge on any atom is -0.339 e. The normalized spacial score (nSPS) is 18.2. The van der Waals surface area contributed by atoms with E-state index in [1.165, 1.54) is 25.7 Å². The van der Waals surface area contributed by atoms with Crippen molar-refractivity contribution in [2.24, 2.45) is 5.73 Å². The van der Waals surface area contributed by atoms with Crippen LogP contribution in [0.3, 0.4) is 0 Å². The summed E-state index contributed by atoms with van der Waals surface area (Å²) < 4.78 is 5.42. The predicted molar refractivity (Wildman–Crippen MR) is 79.1 cm³/mol. The van der Waals surface area contributed by atoms with E-state index in [0.29, 0.717) is 5.89 Å². The van der Waals surface area contributed by atoms with Crippen molar-refractivity contribution in [1.29, 1.82) is 0 Å². The van der Waals surface area contributed by atoms with Crippen LogP contribution in [0.1, 0.15) is 65.1 Å². The van der Waals surface area contributed by atoms with Crippen LogP contribution >= 0.6 is 11.8 Å². The van der Waals surface area contributed by atoms with Crippen molar-refractivity contribution in [2.75, 3.05) is 0 Å². The van der Waals surface area contributed by atoms with E-state index in [0.717, 1.165) is 16.8 Å². The second-order valence-corrected chi connectivity index (χ2v) is 7.87. The van der Waals surface area contributed by atoms with Crippen molar-refractivity contribution in [3.8, 4) is 0 Å². The first-order valence-corrected chi connectivity index (χ1v) is 8.09. The summed E-state index contributed by atoms with van der Waals surface area (Å²) in [5, 5.41) is 4.87. The van der Waals surface area contributed by atoms with E-state index in [9.17, 15) is 0 Å². The molecular formula is C14H25N3OS. The molecule has 5 heteroatoms. The molecule has 0 atom stereocenters. The molecule has 1 aromatic rings. The van der Waals surface area contributed by atoms with Gasteiger partial charge in [0.1, 0.15) is 0 Å². The van der Waals surface area contributed by atoms with E-state index in [2.05, 4.69) is 24.0 Å². The van der Waals surface area contributed by atoms with Gasteiger partial charge in [-0.05, 0) is 40.5 Å². The molecule has 2 rings (SSSR count). The van der Waals surface area contributed by atoms with Gasteiger partial charge < -0.3 is 10.3 Å².